The van der Waals surface area contributed by atoms with E-state index in [1.807, 2.05) is 0 Å². The average molecular weight is 183 g/mol. The Morgan fingerprint density at radius 1 is 1.31 bits per heavy atom. The summed E-state index contributed by atoms with van der Waals surface area (Å²) >= 11 is 0. The van der Waals surface area contributed by atoms with E-state index in [4.69, 9.17) is 10.7 Å². The number of nitrogens with one attached hydrogen (secondary N) is 1. The Balaban J connectivity index is 1.83. The van der Waals surface area contributed by atoms with E-state index < -0.39 is 0 Å². The maximum atomic E-state index is 5.68. The van der Waals surface area contributed by atoms with Crippen molar-refractivity contribution in [2.45, 2.75) is 37.7 Å². The van der Waals surface area contributed by atoms with Crippen molar-refractivity contribution in [3.63, 3.8) is 0 Å². The molecule has 0 amide bonds. The lowest BCUT2D eigenvalue weighted by Gasteiger charge is -2.47. The molecule has 13 heavy (non-hydrogen) atoms. The van der Waals surface area contributed by atoms with E-state index in [0.29, 0.717) is 0 Å². The summed E-state index contributed by atoms with van der Waals surface area (Å²) in [4.78, 5) is 5.68. The van der Waals surface area contributed by atoms with Crippen molar-refractivity contribution >= 4 is 0 Å². The van der Waals surface area contributed by atoms with Gasteiger partial charge in [0.15, 0.2) is 0 Å². The SMILES string of the molecule is NN1CC2(CC3CCC2CC3)ON1. The standard InChI is InChI=1S/C9H17N3O/c10-12-6-9(13-11-12)5-7-1-3-8(9)4-2-7/h7-8,11H,1-6,10H2. The molecule has 2 bridgehead atoms. The molecule has 1 atom stereocenters. The van der Waals surface area contributed by atoms with E-state index in [1.165, 1.54) is 32.1 Å². The molecule has 0 aromatic heterocycles. The Labute approximate surface area is 78.3 Å². The van der Waals surface area contributed by atoms with Crippen LogP contribution in [0.5, 0.6) is 0 Å². The molecule has 0 aromatic rings. The zero-order valence-corrected chi connectivity index (χ0v) is 7.83. The van der Waals surface area contributed by atoms with Gasteiger partial charge in [-0.15, -0.1) is 5.59 Å². The van der Waals surface area contributed by atoms with Gasteiger partial charge in [-0.1, -0.05) is 0 Å². The van der Waals surface area contributed by atoms with Gasteiger partial charge in [-0.25, -0.2) is 0 Å². The minimum absolute atomic E-state index is 0.0515. The lowest BCUT2D eigenvalue weighted by Crippen LogP contribution is -2.50. The van der Waals surface area contributed by atoms with Crippen LogP contribution >= 0.6 is 0 Å². The summed E-state index contributed by atoms with van der Waals surface area (Å²) in [6.07, 6.45) is 6.68. The van der Waals surface area contributed by atoms with Gasteiger partial charge in [0.1, 0.15) is 5.60 Å². The summed E-state index contributed by atoms with van der Waals surface area (Å²) in [7, 11) is 0. The Kier molecular flexibility index (Phi) is 1.68. The fraction of sp³-hybridized carbons (Fsp3) is 1.00. The first-order valence-corrected chi connectivity index (χ1v) is 5.24. The van der Waals surface area contributed by atoms with Crippen LogP contribution in [0.15, 0.2) is 0 Å². The molecule has 3 saturated carbocycles. The van der Waals surface area contributed by atoms with E-state index in [0.717, 1.165) is 18.4 Å². The first-order chi connectivity index (χ1) is 6.28. The molecule has 0 aromatic carbocycles. The molecule has 3 aliphatic carbocycles. The first-order valence-electron chi connectivity index (χ1n) is 5.24. The van der Waals surface area contributed by atoms with E-state index in [2.05, 4.69) is 5.59 Å². The van der Waals surface area contributed by atoms with Crippen LogP contribution in [0, 0.1) is 11.8 Å². The van der Waals surface area contributed by atoms with Crippen molar-refractivity contribution in [3.8, 4) is 0 Å². The van der Waals surface area contributed by atoms with Crippen molar-refractivity contribution in [2.24, 2.45) is 17.7 Å². The number of hydrogen-bond acceptors (Lipinski definition) is 4. The Hall–Kier alpha value is -0.160. The van der Waals surface area contributed by atoms with Crippen LogP contribution in [0.25, 0.3) is 0 Å². The second-order valence-electron chi connectivity index (χ2n) is 4.81. The highest BCUT2D eigenvalue weighted by Crippen LogP contribution is 2.50. The number of fused-ring (bicyclic) bond motifs is 2. The molecule has 1 saturated heterocycles. The van der Waals surface area contributed by atoms with Crippen molar-refractivity contribution in [3.05, 3.63) is 0 Å². The molecule has 1 heterocycles. The van der Waals surface area contributed by atoms with Crippen LogP contribution in [0.4, 0.5) is 0 Å². The molecule has 3 N–H and O–H groups in total. The number of nitrogens with two attached hydrogens (primary N) is 1. The molecule has 74 valence electrons. The second-order valence-corrected chi connectivity index (χ2v) is 4.81. The van der Waals surface area contributed by atoms with Gasteiger partial charge in [0, 0.05) is 0 Å². The summed E-state index contributed by atoms with van der Waals surface area (Å²) in [6.45, 7) is 0.855. The smallest absolute Gasteiger partial charge is 0.110 e. The predicted octanol–water partition coefficient (Wildman–Crippen LogP) is 0.561. The summed E-state index contributed by atoms with van der Waals surface area (Å²) in [5.74, 6) is 7.29. The van der Waals surface area contributed by atoms with Gasteiger partial charge in [-0.3, -0.25) is 10.7 Å². The Bertz CT molecular complexity index is 215. The van der Waals surface area contributed by atoms with Gasteiger partial charge < -0.3 is 0 Å². The molecular formula is C9H17N3O. The topological polar surface area (TPSA) is 50.5 Å². The van der Waals surface area contributed by atoms with E-state index >= 15 is 0 Å². The first kappa shape index (κ1) is 8.17. The van der Waals surface area contributed by atoms with Gasteiger partial charge >= 0.3 is 0 Å². The minimum atomic E-state index is 0.0515. The minimum Gasteiger partial charge on any atom is -0.277 e. The maximum Gasteiger partial charge on any atom is 0.110 e. The number of hydrogen-bond donors (Lipinski definition) is 2. The van der Waals surface area contributed by atoms with Gasteiger partial charge in [-0.05, 0) is 43.9 Å². The zero-order chi connectivity index (χ0) is 8.89. The van der Waals surface area contributed by atoms with Gasteiger partial charge in [0.2, 0.25) is 0 Å². The molecule has 4 nitrogen and oxygen atoms in total. The highest BCUT2D eigenvalue weighted by atomic mass is 16.7. The van der Waals surface area contributed by atoms with Crippen LogP contribution < -0.4 is 11.4 Å². The van der Waals surface area contributed by atoms with Crippen LogP contribution in [0.3, 0.4) is 0 Å². The summed E-state index contributed by atoms with van der Waals surface area (Å²) in [6, 6.07) is 0. The molecule has 4 heteroatoms. The van der Waals surface area contributed by atoms with Crippen LogP contribution in [0.2, 0.25) is 0 Å². The lowest BCUT2D eigenvalue weighted by atomic mass is 9.62. The molecule has 4 aliphatic rings. The van der Waals surface area contributed by atoms with E-state index in [-0.39, 0.29) is 5.60 Å². The van der Waals surface area contributed by atoms with Crippen molar-refractivity contribution in [1.29, 1.82) is 0 Å². The monoisotopic (exact) mass is 183 g/mol. The van der Waals surface area contributed by atoms with Gasteiger partial charge in [0.05, 0.1) is 6.54 Å². The second kappa shape index (κ2) is 2.67. The number of hydrazine groups is 2. The lowest BCUT2D eigenvalue weighted by molar-refractivity contribution is -0.147. The van der Waals surface area contributed by atoms with Crippen LogP contribution in [-0.4, -0.2) is 17.3 Å². The molecular weight excluding hydrogens is 166 g/mol. The third-order valence-electron chi connectivity index (χ3n) is 4.03. The molecule has 1 aliphatic heterocycles. The third-order valence-corrected chi connectivity index (χ3v) is 4.03. The molecule has 1 unspecified atom stereocenters. The molecule has 1 spiro atoms. The van der Waals surface area contributed by atoms with E-state index in [9.17, 15) is 0 Å². The van der Waals surface area contributed by atoms with Crippen molar-refractivity contribution in [2.75, 3.05) is 6.54 Å². The number of rotatable bonds is 0. The normalized spacial score (nSPS) is 50.5. The highest BCUT2D eigenvalue weighted by Gasteiger charge is 2.52. The Morgan fingerprint density at radius 2 is 2.08 bits per heavy atom. The predicted molar refractivity (Wildman–Crippen MR) is 47.9 cm³/mol. The van der Waals surface area contributed by atoms with Gasteiger partial charge in [-0.2, -0.15) is 5.12 Å². The fourth-order valence-electron chi connectivity index (χ4n) is 3.37. The quantitative estimate of drug-likeness (QED) is 0.539. The average Bonchev–Trinajstić information content (AvgIpc) is 2.49. The fourth-order valence-corrected chi connectivity index (χ4v) is 3.37. The zero-order valence-electron chi connectivity index (χ0n) is 7.83. The molecule has 0 radical (unpaired) electrons. The third kappa shape index (κ3) is 1.13. The van der Waals surface area contributed by atoms with E-state index in [1.54, 1.807) is 5.12 Å². The maximum absolute atomic E-state index is 5.68. The summed E-state index contributed by atoms with van der Waals surface area (Å²) < 4.78 is 0. The molecule has 4 rings (SSSR count). The molecule has 4 fully saturated rings. The summed E-state index contributed by atoms with van der Waals surface area (Å²) in [5, 5.41) is 1.58. The van der Waals surface area contributed by atoms with Crippen molar-refractivity contribution in [1.82, 2.24) is 10.7 Å². The van der Waals surface area contributed by atoms with Crippen LogP contribution in [-0.2, 0) is 4.84 Å². The van der Waals surface area contributed by atoms with Crippen LogP contribution in [0.1, 0.15) is 32.1 Å². The largest absolute Gasteiger partial charge is 0.277 e. The highest BCUT2D eigenvalue weighted by molar-refractivity contribution is 5.00. The Morgan fingerprint density at radius 3 is 2.54 bits per heavy atom. The number of nitrogens with zero attached hydrogens (tertiary/aromatic N) is 1. The van der Waals surface area contributed by atoms with Crippen molar-refractivity contribution < 1.29 is 4.84 Å². The summed E-state index contributed by atoms with van der Waals surface area (Å²) in [5.41, 5.74) is 2.83. The van der Waals surface area contributed by atoms with Gasteiger partial charge in [0.25, 0.3) is 0 Å².